The van der Waals surface area contributed by atoms with E-state index in [-0.39, 0.29) is 0 Å². The number of hydrogen-bond donors (Lipinski definition) is 0. The molecule has 44 heavy (non-hydrogen) atoms. The van der Waals surface area contributed by atoms with Gasteiger partial charge in [-0.1, -0.05) is 79.6 Å². The molecule has 1 aliphatic carbocycles. The summed E-state index contributed by atoms with van der Waals surface area (Å²) in [4.78, 5) is 2.42. The Morgan fingerprint density at radius 2 is 1.05 bits per heavy atom. The van der Waals surface area contributed by atoms with Crippen molar-refractivity contribution in [3.63, 3.8) is 0 Å². The van der Waals surface area contributed by atoms with Gasteiger partial charge in [0.05, 0.1) is 11.0 Å². The highest BCUT2D eigenvalue weighted by atomic mass is 32.1. The zero-order valence-corrected chi connectivity index (χ0v) is 25.3. The van der Waals surface area contributed by atoms with Crippen LogP contribution >= 0.6 is 11.3 Å². The predicted molar refractivity (Wildman–Crippen MR) is 190 cm³/mol. The molecule has 6 aromatic carbocycles. The first-order valence-corrected chi connectivity index (χ1v) is 16.5. The minimum absolute atomic E-state index is 0.705. The van der Waals surface area contributed by atoms with Gasteiger partial charge in [0.25, 0.3) is 0 Å². The van der Waals surface area contributed by atoms with Crippen molar-refractivity contribution < 1.29 is 0 Å². The maximum absolute atomic E-state index is 2.42. The van der Waals surface area contributed by atoms with Crippen molar-refractivity contribution in [2.24, 2.45) is 0 Å². The van der Waals surface area contributed by atoms with Gasteiger partial charge in [-0.3, -0.25) is 0 Å². The number of aromatic nitrogens is 1. The molecule has 8 aromatic rings. The van der Waals surface area contributed by atoms with Crippen molar-refractivity contribution >= 4 is 70.4 Å². The highest BCUT2D eigenvalue weighted by Gasteiger charge is 2.19. The Bertz CT molecular complexity index is 2230. The minimum Gasteiger partial charge on any atom is -0.310 e. The van der Waals surface area contributed by atoms with Crippen molar-refractivity contribution in [3.05, 3.63) is 145 Å². The largest absolute Gasteiger partial charge is 0.310 e. The van der Waals surface area contributed by atoms with E-state index in [1.54, 1.807) is 0 Å². The number of thiophene rings is 1. The maximum Gasteiger partial charge on any atom is 0.0541 e. The highest BCUT2D eigenvalue weighted by molar-refractivity contribution is 7.25. The fraction of sp³-hybridized carbons (Fsp3) is 0.122. The van der Waals surface area contributed by atoms with Gasteiger partial charge in [-0.2, -0.15) is 0 Å². The lowest BCUT2D eigenvalue weighted by Gasteiger charge is -2.26. The van der Waals surface area contributed by atoms with Crippen LogP contribution in [0.4, 0.5) is 17.1 Å². The molecular weight excluding hydrogens is 553 g/mol. The molecule has 0 amide bonds. The van der Waals surface area contributed by atoms with Crippen LogP contribution in [0.25, 0.3) is 47.7 Å². The van der Waals surface area contributed by atoms with Crippen LogP contribution in [-0.2, 0) is 0 Å². The van der Waals surface area contributed by atoms with Crippen LogP contribution in [0.1, 0.15) is 37.2 Å². The molecule has 0 unspecified atom stereocenters. The first-order chi connectivity index (χ1) is 21.8. The molecule has 3 heteroatoms. The third-order valence-corrected chi connectivity index (χ3v) is 10.7. The molecule has 1 fully saturated rings. The van der Waals surface area contributed by atoms with Crippen molar-refractivity contribution in [2.45, 2.75) is 31.6 Å². The Balaban J connectivity index is 1.18. The zero-order chi connectivity index (χ0) is 29.0. The van der Waals surface area contributed by atoms with Crippen LogP contribution in [0.2, 0.25) is 0 Å². The van der Waals surface area contributed by atoms with Crippen LogP contribution in [0, 0.1) is 0 Å². The van der Waals surface area contributed by atoms with Crippen molar-refractivity contribution in [1.29, 1.82) is 0 Å². The second-order valence-corrected chi connectivity index (χ2v) is 13.2. The van der Waals surface area contributed by atoms with Gasteiger partial charge in [-0.05, 0) is 97.1 Å². The highest BCUT2D eigenvalue weighted by Crippen LogP contribution is 2.42. The van der Waals surface area contributed by atoms with E-state index in [1.165, 1.54) is 90.3 Å². The fourth-order valence-electron chi connectivity index (χ4n) is 7.41. The molecule has 2 aromatic heterocycles. The number of hydrogen-bond acceptors (Lipinski definition) is 2. The molecular formula is C41H32N2S. The number of anilines is 3. The molecule has 2 heterocycles. The molecule has 0 saturated heterocycles. The molecule has 2 nitrogen and oxygen atoms in total. The molecule has 0 atom stereocenters. The van der Waals surface area contributed by atoms with Crippen molar-refractivity contribution in [1.82, 2.24) is 4.57 Å². The van der Waals surface area contributed by atoms with E-state index >= 15 is 0 Å². The standard InChI is InChI=1S/C41H32N2S/c1-2-10-28(9-1)29-17-19-30(20-18-29)42(33-25-26-41-37(27-33)36-13-5-8-16-40(36)44-41)31-21-23-32(24-22-31)43-38-14-6-3-11-34(38)35-12-4-7-15-39(35)43/h3-8,11-28H,1-2,9-10H2. The summed E-state index contributed by atoms with van der Waals surface area (Å²) in [7, 11) is 0. The van der Waals surface area contributed by atoms with Crippen molar-refractivity contribution in [3.8, 4) is 5.69 Å². The number of para-hydroxylation sites is 2. The Morgan fingerprint density at radius 3 is 1.73 bits per heavy atom. The number of benzene rings is 6. The van der Waals surface area contributed by atoms with Gasteiger partial charge in [-0.25, -0.2) is 0 Å². The van der Waals surface area contributed by atoms with E-state index in [1.807, 2.05) is 11.3 Å². The van der Waals surface area contributed by atoms with Gasteiger partial charge in [0.2, 0.25) is 0 Å². The average Bonchev–Trinajstić information content (AvgIpc) is 3.82. The van der Waals surface area contributed by atoms with Crippen LogP contribution in [0.3, 0.4) is 0 Å². The number of fused-ring (bicyclic) bond motifs is 6. The van der Waals surface area contributed by atoms with E-state index in [2.05, 4.69) is 149 Å². The summed E-state index contributed by atoms with van der Waals surface area (Å²) in [6.45, 7) is 0. The minimum atomic E-state index is 0.705. The summed E-state index contributed by atoms with van der Waals surface area (Å²) >= 11 is 1.87. The zero-order valence-electron chi connectivity index (χ0n) is 24.5. The summed E-state index contributed by atoms with van der Waals surface area (Å²) < 4.78 is 5.05. The van der Waals surface area contributed by atoms with E-state index in [0.29, 0.717) is 5.92 Å². The topological polar surface area (TPSA) is 8.17 Å². The normalized spacial score (nSPS) is 13.9. The smallest absolute Gasteiger partial charge is 0.0541 e. The molecule has 0 aliphatic heterocycles. The third-order valence-electron chi connectivity index (χ3n) is 9.54. The van der Waals surface area contributed by atoms with E-state index in [9.17, 15) is 0 Å². The molecule has 0 bridgehead atoms. The molecule has 0 N–H and O–H groups in total. The van der Waals surface area contributed by atoms with E-state index in [4.69, 9.17) is 0 Å². The number of nitrogens with zero attached hydrogens (tertiary/aromatic N) is 2. The quantitative estimate of drug-likeness (QED) is 0.195. The van der Waals surface area contributed by atoms with E-state index in [0.717, 1.165) is 5.69 Å². The SMILES string of the molecule is c1ccc2c(c1)sc1ccc(N(c3ccc(C4CCCC4)cc3)c3ccc(-n4c5ccccc5c5ccccc54)cc3)cc12. The molecule has 1 saturated carbocycles. The van der Waals surface area contributed by atoms with Gasteiger partial charge < -0.3 is 9.47 Å². The molecule has 9 rings (SSSR count). The lowest BCUT2D eigenvalue weighted by molar-refractivity contribution is 0.723. The molecule has 0 spiro atoms. The summed E-state index contributed by atoms with van der Waals surface area (Å²) in [6, 6.07) is 51.6. The van der Waals surface area contributed by atoms with E-state index < -0.39 is 0 Å². The maximum atomic E-state index is 2.42. The van der Waals surface area contributed by atoms with Gasteiger partial charge in [0.1, 0.15) is 0 Å². The summed E-state index contributed by atoms with van der Waals surface area (Å²) in [5.74, 6) is 0.705. The van der Waals surface area contributed by atoms with Gasteiger partial charge in [0.15, 0.2) is 0 Å². The fourth-order valence-corrected chi connectivity index (χ4v) is 8.49. The third kappa shape index (κ3) is 4.15. The second kappa shape index (κ2) is 10.4. The molecule has 1 aliphatic rings. The average molecular weight is 585 g/mol. The van der Waals surface area contributed by atoms with Gasteiger partial charge in [0, 0.05) is 53.7 Å². The van der Waals surface area contributed by atoms with Crippen LogP contribution < -0.4 is 4.90 Å². The second-order valence-electron chi connectivity index (χ2n) is 12.1. The van der Waals surface area contributed by atoms with Gasteiger partial charge in [-0.15, -0.1) is 11.3 Å². The first kappa shape index (κ1) is 25.6. The Morgan fingerprint density at radius 1 is 0.500 bits per heavy atom. The van der Waals surface area contributed by atoms with Gasteiger partial charge >= 0.3 is 0 Å². The molecule has 212 valence electrons. The lowest BCUT2D eigenvalue weighted by Crippen LogP contribution is -2.10. The predicted octanol–water partition coefficient (Wildman–Crippen LogP) is 12.3. The summed E-state index contributed by atoms with van der Waals surface area (Å²) in [6.07, 6.45) is 5.33. The Hall–Kier alpha value is -4.86. The Labute approximate surface area is 261 Å². The first-order valence-electron chi connectivity index (χ1n) is 15.7. The molecule has 0 radical (unpaired) electrons. The van der Waals surface area contributed by atoms with Crippen LogP contribution in [0.15, 0.2) is 140 Å². The van der Waals surface area contributed by atoms with Crippen LogP contribution in [0.5, 0.6) is 0 Å². The Kier molecular flexibility index (Phi) is 6.05. The summed E-state index contributed by atoms with van der Waals surface area (Å²) in [5, 5.41) is 5.21. The monoisotopic (exact) mass is 584 g/mol. The summed E-state index contributed by atoms with van der Waals surface area (Å²) in [5.41, 5.74) is 8.64. The van der Waals surface area contributed by atoms with Crippen molar-refractivity contribution in [2.75, 3.05) is 4.90 Å². The lowest BCUT2D eigenvalue weighted by atomic mass is 9.97. The number of rotatable bonds is 5. The van der Waals surface area contributed by atoms with Crippen LogP contribution in [-0.4, -0.2) is 4.57 Å².